The second-order valence-electron chi connectivity index (χ2n) is 9.32. The highest BCUT2D eigenvalue weighted by Gasteiger charge is 2.35. The molecule has 0 amide bonds. The lowest BCUT2D eigenvalue weighted by Gasteiger charge is -2.28. The molecule has 2 N–H and O–H groups in total. The van der Waals surface area contributed by atoms with Gasteiger partial charge < -0.3 is 15.0 Å². The van der Waals surface area contributed by atoms with Gasteiger partial charge in [-0.1, -0.05) is 62.4 Å². The highest BCUT2D eigenvalue weighted by Crippen LogP contribution is 2.43. The Morgan fingerprint density at radius 3 is 2.48 bits per heavy atom. The van der Waals surface area contributed by atoms with Crippen LogP contribution in [0.5, 0.6) is 5.88 Å². The number of rotatable bonds is 6. The molecule has 4 aromatic rings. The molecule has 1 aliphatic rings. The maximum absolute atomic E-state index is 13.2. The zero-order chi connectivity index (χ0) is 22.8. The summed E-state index contributed by atoms with van der Waals surface area (Å²) in [7, 11) is 0. The van der Waals surface area contributed by atoms with E-state index in [2.05, 4.69) is 29.1 Å². The van der Waals surface area contributed by atoms with Gasteiger partial charge >= 0.3 is 0 Å². The number of para-hydroxylation sites is 1. The van der Waals surface area contributed by atoms with Gasteiger partial charge in [-0.05, 0) is 35.6 Å². The molecule has 0 fully saturated rings. The molecular weight excluding hydrogens is 410 g/mol. The monoisotopic (exact) mass is 437 g/mol. The first-order chi connectivity index (χ1) is 16.0. The fourth-order valence-electron chi connectivity index (χ4n) is 4.44. The second kappa shape index (κ2) is 8.58. The van der Waals surface area contributed by atoms with Crippen LogP contribution in [0.25, 0.3) is 11.3 Å². The lowest BCUT2D eigenvalue weighted by molar-refractivity contribution is 0.0912. The molecule has 2 aromatic carbocycles. The Morgan fingerprint density at radius 1 is 1.00 bits per heavy atom. The van der Waals surface area contributed by atoms with Crippen LogP contribution < -0.4 is 10.1 Å². The smallest absolute Gasteiger partial charge is 0.214 e. The molecule has 0 saturated carbocycles. The molecule has 0 aliphatic heterocycles. The van der Waals surface area contributed by atoms with Crippen LogP contribution in [0, 0.1) is 5.41 Å². The third-order valence-corrected chi connectivity index (χ3v) is 5.95. The summed E-state index contributed by atoms with van der Waals surface area (Å²) in [5.41, 5.74) is 6.31. The molecule has 0 unspecified atom stereocenters. The minimum atomic E-state index is -0.0710. The Balaban J connectivity index is 1.53. The number of nitrogens with one attached hydrogen (secondary N) is 2. The van der Waals surface area contributed by atoms with E-state index in [1.165, 1.54) is 0 Å². The summed E-state index contributed by atoms with van der Waals surface area (Å²) in [6.45, 7) is 4.72. The van der Waals surface area contributed by atoms with Gasteiger partial charge in [-0.15, -0.1) is 0 Å². The number of carbonyl (C=O) groups is 1. The van der Waals surface area contributed by atoms with Crippen molar-refractivity contribution in [1.29, 1.82) is 0 Å². The van der Waals surface area contributed by atoms with Crippen molar-refractivity contribution >= 4 is 17.2 Å². The first-order valence-electron chi connectivity index (χ1n) is 11.2. The van der Waals surface area contributed by atoms with Crippen molar-refractivity contribution in [2.24, 2.45) is 5.41 Å². The predicted octanol–water partition coefficient (Wildman–Crippen LogP) is 6.55. The molecule has 0 bridgehead atoms. The van der Waals surface area contributed by atoms with E-state index in [-0.39, 0.29) is 11.2 Å². The minimum Gasteiger partial charge on any atom is -0.473 e. The number of pyridine rings is 1. The van der Waals surface area contributed by atoms with Crippen molar-refractivity contribution < 1.29 is 9.53 Å². The quantitative estimate of drug-likeness (QED) is 0.359. The second-order valence-corrected chi connectivity index (χ2v) is 9.32. The summed E-state index contributed by atoms with van der Waals surface area (Å²) >= 11 is 0. The van der Waals surface area contributed by atoms with Gasteiger partial charge in [0.25, 0.3) is 0 Å². The lowest BCUT2D eigenvalue weighted by atomic mass is 9.76. The molecule has 0 spiro atoms. The van der Waals surface area contributed by atoms with Crippen molar-refractivity contribution in [3.8, 4) is 17.1 Å². The van der Waals surface area contributed by atoms with Gasteiger partial charge in [0.15, 0.2) is 5.78 Å². The Hall–Kier alpha value is -3.86. The number of benzene rings is 2. The summed E-state index contributed by atoms with van der Waals surface area (Å²) in [6.07, 6.45) is 3.09. The molecule has 5 nitrogen and oxygen atoms in total. The molecule has 0 saturated heterocycles. The first kappa shape index (κ1) is 21.0. The maximum atomic E-state index is 13.2. The van der Waals surface area contributed by atoms with Crippen molar-refractivity contribution in [2.75, 3.05) is 5.32 Å². The molecule has 33 heavy (non-hydrogen) atoms. The first-order valence-corrected chi connectivity index (χ1v) is 11.2. The Morgan fingerprint density at radius 2 is 1.73 bits per heavy atom. The third kappa shape index (κ3) is 4.53. The van der Waals surface area contributed by atoms with E-state index in [0.29, 0.717) is 18.9 Å². The summed E-state index contributed by atoms with van der Waals surface area (Å²) in [4.78, 5) is 21.1. The Kier molecular flexibility index (Phi) is 5.47. The zero-order valence-electron chi connectivity index (χ0n) is 18.9. The number of hydrogen-bond acceptors (Lipinski definition) is 4. The molecule has 2 heterocycles. The van der Waals surface area contributed by atoms with E-state index in [9.17, 15) is 4.79 Å². The number of Topliss-reactive ketones (excluding diaryl/α,β-unsaturated/α-hetero) is 1. The van der Waals surface area contributed by atoms with Crippen molar-refractivity contribution in [3.05, 3.63) is 95.8 Å². The van der Waals surface area contributed by atoms with Crippen molar-refractivity contribution in [3.63, 3.8) is 0 Å². The van der Waals surface area contributed by atoms with Crippen LogP contribution in [0.15, 0.2) is 79.0 Å². The summed E-state index contributed by atoms with van der Waals surface area (Å²) in [5, 5.41) is 3.50. The molecule has 0 atom stereocenters. The molecule has 0 radical (unpaired) electrons. The van der Waals surface area contributed by atoms with Crippen LogP contribution in [0.2, 0.25) is 0 Å². The van der Waals surface area contributed by atoms with E-state index < -0.39 is 0 Å². The number of aromatic amines is 1. The number of H-pyrrole nitrogens is 1. The van der Waals surface area contributed by atoms with E-state index in [1.807, 2.05) is 72.8 Å². The molecule has 5 rings (SSSR count). The average Bonchev–Trinajstić information content (AvgIpc) is 3.16. The fraction of sp³-hybridized carbons (Fsp3) is 0.214. The Bertz CT molecular complexity index is 1280. The number of nitrogens with zero attached hydrogens (tertiary/aromatic N) is 1. The number of fused-ring (bicyclic) bond motifs is 1. The number of hydrogen-bond donors (Lipinski definition) is 2. The zero-order valence-corrected chi connectivity index (χ0v) is 18.9. The van der Waals surface area contributed by atoms with Crippen LogP contribution in [0.4, 0.5) is 11.4 Å². The fourth-order valence-corrected chi connectivity index (χ4v) is 4.44. The van der Waals surface area contributed by atoms with E-state index >= 15 is 0 Å². The molecule has 166 valence electrons. The number of carbonyl (C=O) groups excluding carboxylic acids is 1. The summed E-state index contributed by atoms with van der Waals surface area (Å²) in [5.74, 6) is 0.707. The highest BCUT2D eigenvalue weighted by atomic mass is 16.5. The van der Waals surface area contributed by atoms with Gasteiger partial charge in [-0.3, -0.25) is 4.79 Å². The van der Waals surface area contributed by atoms with Gasteiger partial charge in [0.1, 0.15) is 6.61 Å². The number of ether oxygens (including phenoxy) is 1. The largest absolute Gasteiger partial charge is 0.473 e. The van der Waals surface area contributed by atoms with Gasteiger partial charge in [0.2, 0.25) is 5.88 Å². The number of anilines is 2. The van der Waals surface area contributed by atoms with E-state index in [0.717, 1.165) is 45.9 Å². The van der Waals surface area contributed by atoms with Crippen LogP contribution >= 0.6 is 0 Å². The third-order valence-electron chi connectivity index (χ3n) is 5.95. The number of aromatic nitrogens is 2. The predicted molar refractivity (Wildman–Crippen MR) is 131 cm³/mol. The van der Waals surface area contributed by atoms with Crippen LogP contribution in [0.3, 0.4) is 0 Å². The number of ketones is 1. The van der Waals surface area contributed by atoms with Crippen LogP contribution in [-0.4, -0.2) is 15.8 Å². The van der Waals surface area contributed by atoms with Crippen molar-refractivity contribution in [2.45, 2.75) is 33.3 Å². The normalized spacial score (nSPS) is 14.5. The van der Waals surface area contributed by atoms with Gasteiger partial charge in [-0.2, -0.15) is 0 Å². The maximum Gasteiger partial charge on any atom is 0.214 e. The Labute approximate surface area is 193 Å². The molecule has 5 heteroatoms. The molecular formula is C28H27N3O2. The SMILES string of the molecule is CC1(C)CC(=O)c2c([nH]c(-c3ccnc(OCc4ccccc4)c3)c2Nc2ccccc2)C1. The summed E-state index contributed by atoms with van der Waals surface area (Å²) < 4.78 is 5.96. The van der Waals surface area contributed by atoms with E-state index in [4.69, 9.17) is 4.74 Å². The van der Waals surface area contributed by atoms with Gasteiger partial charge in [-0.25, -0.2) is 4.98 Å². The van der Waals surface area contributed by atoms with Gasteiger partial charge in [0.05, 0.1) is 16.9 Å². The molecule has 2 aromatic heterocycles. The lowest BCUT2D eigenvalue weighted by Crippen LogP contribution is -2.26. The van der Waals surface area contributed by atoms with Crippen molar-refractivity contribution in [1.82, 2.24) is 9.97 Å². The standard InChI is InChI=1S/C28H27N3O2/c1-28(2)16-22-25(23(32)17-28)27(30-21-11-7-4-8-12-21)26(31-22)20-13-14-29-24(15-20)33-18-19-9-5-3-6-10-19/h3-15,30-31H,16-18H2,1-2H3. The van der Waals surface area contributed by atoms with Crippen LogP contribution in [0.1, 0.15) is 41.9 Å². The topological polar surface area (TPSA) is 67.0 Å². The minimum absolute atomic E-state index is 0.0710. The average molecular weight is 438 g/mol. The molecule has 1 aliphatic carbocycles. The highest BCUT2D eigenvalue weighted by molar-refractivity contribution is 6.07. The summed E-state index contributed by atoms with van der Waals surface area (Å²) in [6, 6.07) is 23.8. The van der Waals surface area contributed by atoms with E-state index in [1.54, 1.807) is 6.20 Å². The van der Waals surface area contributed by atoms with Gasteiger partial charge in [0, 0.05) is 35.6 Å². The van der Waals surface area contributed by atoms with Crippen LogP contribution in [-0.2, 0) is 13.0 Å².